The predicted octanol–water partition coefficient (Wildman–Crippen LogP) is 5.67. The summed E-state index contributed by atoms with van der Waals surface area (Å²) >= 11 is 0. The van der Waals surface area contributed by atoms with Crippen LogP contribution in [0.25, 0.3) is 5.57 Å². The quantitative estimate of drug-likeness (QED) is 0.596. The van der Waals surface area contributed by atoms with Gasteiger partial charge in [0.15, 0.2) is 0 Å². The zero-order valence-electron chi connectivity index (χ0n) is 18.5. The van der Waals surface area contributed by atoms with Gasteiger partial charge < -0.3 is 9.80 Å². The third-order valence-corrected chi connectivity index (χ3v) is 7.55. The first-order chi connectivity index (χ1) is 15.4. The Hall–Kier alpha value is -2.34. The highest BCUT2D eigenvalue weighted by Gasteiger charge is 2.39. The highest BCUT2D eigenvalue weighted by Crippen LogP contribution is 2.44. The predicted molar refractivity (Wildman–Crippen MR) is 121 cm³/mol. The molecule has 5 rings (SSSR count). The summed E-state index contributed by atoms with van der Waals surface area (Å²) < 4.78 is 38.4. The second kappa shape index (κ2) is 8.54. The van der Waals surface area contributed by atoms with E-state index >= 15 is 0 Å². The van der Waals surface area contributed by atoms with Crippen LogP contribution >= 0.6 is 0 Å². The number of benzene rings is 1. The smallest absolute Gasteiger partial charge is 0.369 e. The maximum absolute atomic E-state index is 12.8. The molecular formula is C26H30F3N3. The van der Waals surface area contributed by atoms with Crippen LogP contribution < -0.4 is 4.90 Å². The summed E-state index contributed by atoms with van der Waals surface area (Å²) in [4.78, 5) is 8.41. The average Bonchev–Trinajstić information content (AvgIpc) is 3.48. The SMILES string of the molecule is CC1CCCN1CCc1ccc(C2=CCC3CN(c4ccc(C(F)(F)F)nc4)CC23)cc1. The minimum Gasteiger partial charge on any atom is -0.369 e. The van der Waals surface area contributed by atoms with Crippen molar-refractivity contribution in [3.63, 3.8) is 0 Å². The number of likely N-dealkylation sites (tertiary alicyclic amines) is 1. The zero-order valence-corrected chi connectivity index (χ0v) is 18.5. The maximum Gasteiger partial charge on any atom is 0.433 e. The molecule has 0 radical (unpaired) electrons. The Morgan fingerprint density at radius 2 is 1.88 bits per heavy atom. The van der Waals surface area contributed by atoms with Crippen LogP contribution in [0.5, 0.6) is 0 Å². The molecule has 32 heavy (non-hydrogen) atoms. The molecule has 3 atom stereocenters. The van der Waals surface area contributed by atoms with E-state index in [1.54, 1.807) is 6.07 Å². The summed E-state index contributed by atoms with van der Waals surface area (Å²) in [5, 5.41) is 0. The molecule has 3 nitrogen and oxygen atoms in total. The summed E-state index contributed by atoms with van der Waals surface area (Å²) in [5.74, 6) is 0.942. The molecule has 0 amide bonds. The largest absolute Gasteiger partial charge is 0.433 e. The van der Waals surface area contributed by atoms with Gasteiger partial charge in [-0.1, -0.05) is 30.3 Å². The fourth-order valence-electron chi connectivity index (χ4n) is 5.64. The number of nitrogens with zero attached hydrogens (tertiary/aromatic N) is 3. The van der Waals surface area contributed by atoms with E-state index in [1.165, 1.54) is 42.3 Å². The number of anilines is 1. The van der Waals surface area contributed by atoms with Gasteiger partial charge in [0.1, 0.15) is 5.69 Å². The van der Waals surface area contributed by atoms with E-state index in [4.69, 9.17) is 0 Å². The molecule has 1 aromatic heterocycles. The van der Waals surface area contributed by atoms with E-state index in [9.17, 15) is 13.2 Å². The van der Waals surface area contributed by atoms with Crippen molar-refractivity contribution in [3.8, 4) is 0 Å². The van der Waals surface area contributed by atoms with E-state index in [2.05, 4.69) is 52.0 Å². The van der Waals surface area contributed by atoms with E-state index in [0.29, 0.717) is 17.9 Å². The first-order valence-electron chi connectivity index (χ1n) is 11.7. The summed E-state index contributed by atoms with van der Waals surface area (Å²) in [6.07, 6.45) is 4.08. The number of aromatic nitrogens is 1. The number of hydrogen-bond acceptors (Lipinski definition) is 3. The van der Waals surface area contributed by atoms with Gasteiger partial charge in [0, 0.05) is 31.6 Å². The Balaban J connectivity index is 1.22. The number of alkyl halides is 3. The summed E-state index contributed by atoms with van der Waals surface area (Å²) in [5.41, 5.74) is 3.99. The van der Waals surface area contributed by atoms with Crippen LogP contribution in [0.1, 0.15) is 43.0 Å². The molecule has 170 valence electrons. The second-order valence-electron chi connectivity index (χ2n) is 9.54. The molecule has 1 aromatic carbocycles. The lowest BCUT2D eigenvalue weighted by Gasteiger charge is -2.21. The molecule has 6 heteroatoms. The monoisotopic (exact) mass is 441 g/mol. The Bertz CT molecular complexity index is 965. The van der Waals surface area contributed by atoms with Gasteiger partial charge in [0.25, 0.3) is 0 Å². The minimum absolute atomic E-state index is 0.425. The molecule has 2 aliphatic heterocycles. The summed E-state index contributed by atoms with van der Waals surface area (Å²) in [6.45, 7) is 6.37. The Labute approximate surface area is 187 Å². The molecular weight excluding hydrogens is 411 g/mol. The topological polar surface area (TPSA) is 19.4 Å². The standard InChI is InChI=1S/C26H30F3N3/c1-18-3-2-13-31(18)14-12-19-4-6-20(7-5-19)23-10-8-21-16-32(17-24(21)23)22-9-11-25(30-15-22)26(27,28)29/h4-7,9-11,15,18,21,24H,2-3,8,12-14,16-17H2,1H3. The molecule has 2 saturated heterocycles. The van der Waals surface area contributed by atoms with Crippen molar-refractivity contribution in [2.45, 2.75) is 44.8 Å². The number of pyridine rings is 1. The molecule has 0 N–H and O–H groups in total. The molecule has 0 saturated carbocycles. The van der Waals surface area contributed by atoms with Gasteiger partial charge >= 0.3 is 6.18 Å². The van der Waals surface area contributed by atoms with Crippen molar-refractivity contribution < 1.29 is 13.2 Å². The second-order valence-corrected chi connectivity index (χ2v) is 9.54. The van der Waals surface area contributed by atoms with Gasteiger partial charge in [-0.3, -0.25) is 0 Å². The van der Waals surface area contributed by atoms with Crippen molar-refractivity contribution >= 4 is 11.3 Å². The Kier molecular flexibility index (Phi) is 5.74. The number of fused-ring (bicyclic) bond motifs is 1. The van der Waals surface area contributed by atoms with E-state index in [-0.39, 0.29) is 0 Å². The highest BCUT2D eigenvalue weighted by atomic mass is 19.4. The molecule has 3 unspecified atom stereocenters. The van der Waals surface area contributed by atoms with Crippen LogP contribution in [0.3, 0.4) is 0 Å². The summed E-state index contributed by atoms with van der Waals surface area (Å²) in [6, 6.07) is 12.4. The fraction of sp³-hybridized carbons (Fsp3) is 0.500. The zero-order chi connectivity index (χ0) is 22.3. The molecule has 2 fully saturated rings. The molecule has 3 aliphatic rings. The van der Waals surface area contributed by atoms with Gasteiger partial charge in [-0.25, -0.2) is 4.98 Å². The third kappa shape index (κ3) is 4.29. The Morgan fingerprint density at radius 1 is 1.06 bits per heavy atom. The first-order valence-corrected chi connectivity index (χ1v) is 11.7. The van der Waals surface area contributed by atoms with E-state index in [1.807, 2.05) is 0 Å². The molecule has 1 aliphatic carbocycles. The van der Waals surface area contributed by atoms with Crippen LogP contribution in [0.2, 0.25) is 0 Å². The van der Waals surface area contributed by atoms with Gasteiger partial charge in [-0.15, -0.1) is 0 Å². The van der Waals surface area contributed by atoms with Crippen LogP contribution in [-0.4, -0.2) is 42.1 Å². The lowest BCUT2D eigenvalue weighted by molar-refractivity contribution is -0.141. The van der Waals surface area contributed by atoms with Crippen LogP contribution in [0.4, 0.5) is 18.9 Å². The van der Waals surface area contributed by atoms with E-state index < -0.39 is 11.9 Å². The van der Waals surface area contributed by atoms with E-state index in [0.717, 1.165) is 44.2 Å². The molecule has 3 heterocycles. The maximum atomic E-state index is 12.8. The van der Waals surface area contributed by atoms with Gasteiger partial charge in [0.05, 0.1) is 11.9 Å². The lowest BCUT2D eigenvalue weighted by Crippen LogP contribution is -2.28. The Morgan fingerprint density at radius 3 is 2.53 bits per heavy atom. The minimum atomic E-state index is -4.39. The van der Waals surface area contributed by atoms with Crippen LogP contribution in [-0.2, 0) is 12.6 Å². The third-order valence-electron chi connectivity index (χ3n) is 7.55. The molecule has 0 bridgehead atoms. The first kappa shape index (κ1) is 21.5. The normalized spacial score (nSPS) is 25.9. The van der Waals surface area contributed by atoms with Crippen molar-refractivity contribution in [2.75, 3.05) is 31.1 Å². The van der Waals surface area contributed by atoms with Gasteiger partial charge in [0.2, 0.25) is 0 Å². The lowest BCUT2D eigenvalue weighted by atomic mass is 9.90. The van der Waals surface area contributed by atoms with Crippen molar-refractivity contribution in [1.29, 1.82) is 0 Å². The van der Waals surface area contributed by atoms with Gasteiger partial charge in [-0.2, -0.15) is 13.2 Å². The van der Waals surface area contributed by atoms with Crippen molar-refractivity contribution in [3.05, 3.63) is 65.5 Å². The number of halogens is 3. The fourth-order valence-corrected chi connectivity index (χ4v) is 5.64. The van der Waals surface area contributed by atoms with Crippen molar-refractivity contribution in [2.24, 2.45) is 11.8 Å². The highest BCUT2D eigenvalue weighted by molar-refractivity contribution is 5.72. The van der Waals surface area contributed by atoms with Gasteiger partial charge in [-0.05, 0) is 73.9 Å². The molecule has 2 aromatic rings. The number of rotatable bonds is 5. The average molecular weight is 442 g/mol. The molecule has 0 spiro atoms. The van der Waals surface area contributed by atoms with Crippen LogP contribution in [0.15, 0.2) is 48.7 Å². The number of allylic oxidation sites excluding steroid dienone is 1. The number of hydrogen-bond donors (Lipinski definition) is 0. The van der Waals surface area contributed by atoms with Crippen LogP contribution in [0, 0.1) is 11.8 Å². The van der Waals surface area contributed by atoms with Crippen molar-refractivity contribution in [1.82, 2.24) is 9.88 Å². The summed E-state index contributed by atoms with van der Waals surface area (Å²) in [7, 11) is 0.